The van der Waals surface area contributed by atoms with E-state index in [0.717, 1.165) is 4.90 Å². The van der Waals surface area contributed by atoms with Gasteiger partial charge >= 0.3 is 0 Å². The van der Waals surface area contributed by atoms with Gasteiger partial charge in [-0.15, -0.1) is 11.8 Å². The van der Waals surface area contributed by atoms with Crippen molar-refractivity contribution in [2.24, 2.45) is 0 Å². The molecule has 2 nitrogen and oxygen atoms in total. The zero-order valence-electron chi connectivity index (χ0n) is 11.1. The molecule has 1 atom stereocenters. The molecule has 0 fully saturated rings. The largest absolute Gasteiger partial charge is 0.325 e. The number of nitrogens with one attached hydrogen (secondary N) is 1. The number of carbonyl (C=O) groups excluding carboxylic acids is 1. The van der Waals surface area contributed by atoms with Crippen LogP contribution in [0.25, 0.3) is 0 Å². The van der Waals surface area contributed by atoms with Gasteiger partial charge in [0.05, 0.1) is 5.25 Å². The Morgan fingerprint density at radius 3 is 2.29 bits per heavy atom. The third kappa shape index (κ3) is 4.92. The first-order valence-corrected chi connectivity index (χ1v) is 7.77. The van der Waals surface area contributed by atoms with Crippen LogP contribution >= 0.6 is 35.0 Å². The highest BCUT2D eigenvalue weighted by Crippen LogP contribution is 2.26. The Hall–Kier alpha value is -1.23. The molecule has 0 saturated carbocycles. The Morgan fingerprint density at radius 2 is 1.71 bits per heavy atom. The van der Waals surface area contributed by atoms with Gasteiger partial charge in [0, 0.05) is 20.6 Å². The summed E-state index contributed by atoms with van der Waals surface area (Å²) in [5.41, 5.74) is 0.545. The molecule has 0 heterocycles. The highest BCUT2D eigenvalue weighted by molar-refractivity contribution is 8.00. The molecule has 2 aromatic carbocycles. The minimum Gasteiger partial charge on any atom is -0.325 e. The summed E-state index contributed by atoms with van der Waals surface area (Å²) in [4.78, 5) is 12.9. The molecule has 2 aromatic rings. The maximum absolute atomic E-state index is 12.8. The van der Waals surface area contributed by atoms with Gasteiger partial charge in [0.15, 0.2) is 0 Å². The number of rotatable bonds is 4. The molecule has 0 unspecified atom stereocenters. The normalized spacial score (nSPS) is 12.0. The molecule has 0 aliphatic heterocycles. The van der Waals surface area contributed by atoms with E-state index in [2.05, 4.69) is 5.32 Å². The monoisotopic (exact) mass is 343 g/mol. The Balaban J connectivity index is 2.00. The molecule has 1 N–H and O–H groups in total. The van der Waals surface area contributed by atoms with E-state index in [1.165, 1.54) is 23.9 Å². The van der Waals surface area contributed by atoms with Gasteiger partial charge < -0.3 is 5.32 Å². The van der Waals surface area contributed by atoms with Crippen LogP contribution in [0.5, 0.6) is 0 Å². The van der Waals surface area contributed by atoms with Crippen molar-refractivity contribution < 1.29 is 9.18 Å². The smallest absolute Gasteiger partial charge is 0.237 e. The first-order valence-electron chi connectivity index (χ1n) is 6.13. The highest BCUT2D eigenvalue weighted by Gasteiger charge is 2.15. The van der Waals surface area contributed by atoms with Crippen LogP contribution in [0.15, 0.2) is 47.4 Å². The van der Waals surface area contributed by atoms with Crippen LogP contribution in [0.1, 0.15) is 6.92 Å². The van der Waals surface area contributed by atoms with Gasteiger partial charge in [-0.3, -0.25) is 4.79 Å². The number of benzene rings is 2. The van der Waals surface area contributed by atoms with Crippen molar-refractivity contribution in [3.63, 3.8) is 0 Å². The van der Waals surface area contributed by atoms with Crippen molar-refractivity contribution in [2.45, 2.75) is 17.1 Å². The SMILES string of the molecule is C[C@H](Sc1ccc(F)cc1)C(=O)Nc1cc(Cl)cc(Cl)c1. The van der Waals surface area contributed by atoms with Gasteiger partial charge in [-0.25, -0.2) is 4.39 Å². The number of hydrogen-bond donors (Lipinski definition) is 1. The summed E-state index contributed by atoms with van der Waals surface area (Å²) in [5, 5.41) is 3.32. The zero-order valence-corrected chi connectivity index (χ0v) is 13.4. The minimum absolute atomic E-state index is 0.178. The maximum atomic E-state index is 12.8. The first kappa shape index (κ1) is 16.1. The van der Waals surface area contributed by atoms with Crippen molar-refractivity contribution in [3.05, 3.63) is 58.3 Å². The van der Waals surface area contributed by atoms with E-state index in [4.69, 9.17) is 23.2 Å². The van der Waals surface area contributed by atoms with E-state index < -0.39 is 0 Å². The van der Waals surface area contributed by atoms with Gasteiger partial charge in [0.25, 0.3) is 0 Å². The fraction of sp³-hybridized carbons (Fsp3) is 0.133. The fourth-order valence-corrected chi connectivity index (χ4v) is 3.03. The van der Waals surface area contributed by atoms with Crippen molar-refractivity contribution in [1.82, 2.24) is 0 Å². The molecule has 6 heteroatoms. The molecule has 0 bridgehead atoms. The molecule has 0 aliphatic carbocycles. The molecule has 0 radical (unpaired) electrons. The van der Waals surface area contributed by atoms with Gasteiger partial charge in [-0.05, 0) is 49.4 Å². The molecular formula is C15H12Cl2FNOS. The summed E-state index contributed by atoms with van der Waals surface area (Å²) < 4.78 is 12.8. The summed E-state index contributed by atoms with van der Waals surface area (Å²) in [5.74, 6) is -0.479. The Kier molecular flexibility index (Phi) is 5.51. The third-order valence-corrected chi connectivity index (χ3v) is 4.17. The lowest BCUT2D eigenvalue weighted by Gasteiger charge is -2.12. The standard InChI is InChI=1S/C15H12Cl2FNOS/c1-9(21-14-4-2-12(18)3-5-14)15(20)19-13-7-10(16)6-11(17)8-13/h2-9H,1H3,(H,19,20)/t9-/m0/s1. The molecule has 21 heavy (non-hydrogen) atoms. The van der Waals surface area contributed by atoms with Crippen LogP contribution in [0, 0.1) is 5.82 Å². The van der Waals surface area contributed by atoms with Gasteiger partial charge in [0.2, 0.25) is 5.91 Å². The van der Waals surface area contributed by atoms with E-state index in [0.29, 0.717) is 15.7 Å². The number of halogens is 3. The Bertz CT molecular complexity index is 628. The summed E-state index contributed by atoms with van der Waals surface area (Å²) >= 11 is 13.1. The van der Waals surface area contributed by atoms with Crippen LogP contribution < -0.4 is 5.32 Å². The summed E-state index contributed by atoms with van der Waals surface area (Å²) in [6.45, 7) is 1.77. The molecule has 2 rings (SSSR count). The number of anilines is 1. The third-order valence-electron chi connectivity index (χ3n) is 2.63. The van der Waals surface area contributed by atoms with Gasteiger partial charge in [0.1, 0.15) is 5.82 Å². The van der Waals surface area contributed by atoms with E-state index >= 15 is 0 Å². The number of amides is 1. The second-order valence-corrected chi connectivity index (χ2v) is 6.65. The van der Waals surface area contributed by atoms with Crippen molar-refractivity contribution in [2.75, 3.05) is 5.32 Å². The van der Waals surface area contributed by atoms with Crippen molar-refractivity contribution in [3.8, 4) is 0 Å². The number of hydrogen-bond acceptors (Lipinski definition) is 2. The highest BCUT2D eigenvalue weighted by atomic mass is 35.5. The predicted molar refractivity (Wildman–Crippen MR) is 86.8 cm³/mol. The van der Waals surface area contributed by atoms with Crippen LogP contribution in [0.3, 0.4) is 0 Å². The summed E-state index contributed by atoms with van der Waals surface area (Å²) in [6, 6.07) is 10.9. The second-order valence-electron chi connectivity index (χ2n) is 4.36. The Morgan fingerprint density at radius 1 is 1.14 bits per heavy atom. The van der Waals surface area contributed by atoms with Crippen LogP contribution in [0.4, 0.5) is 10.1 Å². The summed E-state index contributed by atoms with van der Waals surface area (Å²) in [6.07, 6.45) is 0. The molecule has 0 aliphatic rings. The van der Waals surface area contributed by atoms with Crippen molar-refractivity contribution in [1.29, 1.82) is 0 Å². The first-order chi connectivity index (χ1) is 9.94. The number of thioether (sulfide) groups is 1. The van der Waals surface area contributed by atoms with E-state index in [1.54, 1.807) is 37.3 Å². The molecule has 0 saturated heterocycles. The van der Waals surface area contributed by atoms with Crippen LogP contribution in [-0.4, -0.2) is 11.2 Å². The zero-order chi connectivity index (χ0) is 15.4. The van der Waals surface area contributed by atoms with Crippen LogP contribution in [-0.2, 0) is 4.79 Å². The Labute approximate surface area is 136 Å². The molecule has 0 spiro atoms. The minimum atomic E-state index is -0.340. The van der Waals surface area contributed by atoms with E-state index in [-0.39, 0.29) is 17.0 Å². The van der Waals surface area contributed by atoms with Crippen LogP contribution in [0.2, 0.25) is 10.0 Å². The van der Waals surface area contributed by atoms with Crippen molar-refractivity contribution >= 4 is 46.6 Å². The lowest BCUT2D eigenvalue weighted by atomic mass is 10.3. The summed E-state index contributed by atoms with van der Waals surface area (Å²) in [7, 11) is 0. The topological polar surface area (TPSA) is 29.1 Å². The van der Waals surface area contributed by atoms with Gasteiger partial charge in [-0.2, -0.15) is 0 Å². The molecular weight excluding hydrogens is 332 g/mol. The number of carbonyl (C=O) groups is 1. The van der Waals surface area contributed by atoms with E-state index in [1.807, 2.05) is 0 Å². The quantitative estimate of drug-likeness (QED) is 0.768. The lowest BCUT2D eigenvalue weighted by Crippen LogP contribution is -2.22. The molecule has 0 aromatic heterocycles. The maximum Gasteiger partial charge on any atom is 0.237 e. The molecule has 1 amide bonds. The molecule has 110 valence electrons. The average Bonchev–Trinajstić information content (AvgIpc) is 2.40. The predicted octanol–water partition coefficient (Wildman–Crippen LogP) is 5.25. The van der Waals surface area contributed by atoms with E-state index in [9.17, 15) is 9.18 Å². The second kappa shape index (κ2) is 7.16. The lowest BCUT2D eigenvalue weighted by molar-refractivity contribution is -0.115. The van der Waals surface area contributed by atoms with Gasteiger partial charge in [-0.1, -0.05) is 23.2 Å². The fourth-order valence-electron chi connectivity index (χ4n) is 1.64. The average molecular weight is 344 g/mol.